The number of hydrogen-bond acceptors (Lipinski definition) is 6. The van der Waals surface area contributed by atoms with Crippen LogP contribution in [0.2, 0.25) is 0 Å². The van der Waals surface area contributed by atoms with Crippen molar-refractivity contribution in [1.82, 2.24) is 5.32 Å². The van der Waals surface area contributed by atoms with Crippen LogP contribution in [0.25, 0.3) is 0 Å². The number of nitrogens with one attached hydrogen (secondary N) is 2. The molecule has 2 saturated heterocycles. The van der Waals surface area contributed by atoms with Crippen LogP contribution in [0.5, 0.6) is 0 Å². The summed E-state index contributed by atoms with van der Waals surface area (Å²) in [6, 6.07) is 5.72. The average molecular weight is 336 g/mol. The molecule has 3 rings (SSSR count). The van der Waals surface area contributed by atoms with Crippen LogP contribution >= 0.6 is 0 Å². The Kier molecular flexibility index (Phi) is 4.98. The van der Waals surface area contributed by atoms with Crippen LogP contribution in [0.1, 0.15) is 17.3 Å². The van der Waals surface area contributed by atoms with Crippen molar-refractivity contribution in [3.63, 3.8) is 0 Å². The first-order valence-corrected chi connectivity index (χ1v) is 7.84. The summed E-state index contributed by atoms with van der Waals surface area (Å²) < 4.78 is 15.8. The van der Waals surface area contributed by atoms with Gasteiger partial charge in [-0.2, -0.15) is 0 Å². The SMILES string of the molecule is CCOC(=O)c1cccc(NC(=O)N[C@@H]2CO[C@@H]3[C@@H]2OC[C@H]3O)c1. The topological polar surface area (TPSA) is 106 Å². The molecule has 8 nitrogen and oxygen atoms in total. The summed E-state index contributed by atoms with van der Waals surface area (Å²) in [5.41, 5.74) is 0.835. The highest BCUT2D eigenvalue weighted by Crippen LogP contribution is 2.27. The Balaban J connectivity index is 1.57. The van der Waals surface area contributed by atoms with E-state index in [1.807, 2.05) is 0 Å². The molecule has 24 heavy (non-hydrogen) atoms. The maximum absolute atomic E-state index is 12.1. The summed E-state index contributed by atoms with van der Waals surface area (Å²) in [7, 11) is 0. The van der Waals surface area contributed by atoms with Gasteiger partial charge in [0.1, 0.15) is 18.3 Å². The zero-order valence-electron chi connectivity index (χ0n) is 13.2. The molecule has 4 atom stereocenters. The van der Waals surface area contributed by atoms with E-state index in [-0.39, 0.29) is 32.0 Å². The molecule has 0 spiro atoms. The summed E-state index contributed by atoms with van der Waals surface area (Å²) in [6.07, 6.45) is -1.41. The third kappa shape index (κ3) is 3.50. The molecule has 2 heterocycles. The number of carbonyl (C=O) groups excluding carboxylic acids is 2. The maximum atomic E-state index is 12.1. The highest BCUT2D eigenvalue weighted by molar-refractivity contribution is 5.94. The number of benzene rings is 1. The quantitative estimate of drug-likeness (QED) is 0.692. The largest absolute Gasteiger partial charge is 0.462 e. The van der Waals surface area contributed by atoms with Gasteiger partial charge in [-0.15, -0.1) is 0 Å². The van der Waals surface area contributed by atoms with Gasteiger partial charge < -0.3 is 30.0 Å². The lowest BCUT2D eigenvalue weighted by Gasteiger charge is -2.18. The average Bonchev–Trinajstić information content (AvgIpc) is 3.12. The van der Waals surface area contributed by atoms with Crippen molar-refractivity contribution in [3.8, 4) is 0 Å². The number of aliphatic hydroxyl groups is 1. The lowest BCUT2D eigenvalue weighted by atomic mass is 10.1. The predicted molar refractivity (Wildman–Crippen MR) is 83.8 cm³/mol. The monoisotopic (exact) mass is 336 g/mol. The Labute approximate surface area is 139 Å². The summed E-state index contributed by atoms with van der Waals surface area (Å²) in [6.45, 7) is 2.50. The summed E-state index contributed by atoms with van der Waals surface area (Å²) >= 11 is 0. The first kappa shape index (κ1) is 16.7. The molecule has 1 aromatic carbocycles. The first-order valence-electron chi connectivity index (χ1n) is 7.84. The molecule has 0 unspecified atom stereocenters. The minimum absolute atomic E-state index is 0.205. The number of carbonyl (C=O) groups is 2. The van der Waals surface area contributed by atoms with E-state index in [0.29, 0.717) is 11.3 Å². The molecular weight excluding hydrogens is 316 g/mol. The van der Waals surface area contributed by atoms with Gasteiger partial charge in [0.25, 0.3) is 0 Å². The first-order chi connectivity index (χ1) is 11.6. The molecule has 3 N–H and O–H groups in total. The lowest BCUT2D eigenvalue weighted by Crippen LogP contribution is -2.46. The van der Waals surface area contributed by atoms with E-state index in [2.05, 4.69) is 10.6 Å². The molecule has 130 valence electrons. The number of rotatable bonds is 4. The molecule has 2 amide bonds. The third-order valence-corrected chi connectivity index (χ3v) is 3.98. The summed E-state index contributed by atoms with van der Waals surface area (Å²) in [5.74, 6) is -0.443. The van der Waals surface area contributed by atoms with Gasteiger partial charge in [0.15, 0.2) is 0 Å². The second-order valence-electron chi connectivity index (χ2n) is 5.67. The number of ether oxygens (including phenoxy) is 3. The fourth-order valence-corrected chi connectivity index (χ4v) is 2.88. The molecular formula is C16H20N2O6. The zero-order valence-corrected chi connectivity index (χ0v) is 13.2. The highest BCUT2D eigenvalue weighted by Gasteiger charge is 2.47. The standard InChI is InChI=1S/C16H20N2O6/c1-2-22-15(20)9-4-3-5-10(6-9)17-16(21)18-11-7-23-14-12(19)8-24-13(11)14/h3-6,11-14,19H,2,7-8H2,1H3,(H2,17,18,21)/t11-,12-,13-,14+/m1/s1. The van der Waals surface area contributed by atoms with E-state index in [1.54, 1.807) is 31.2 Å². The Hall–Kier alpha value is -2.16. The molecule has 1 aromatic rings. The van der Waals surface area contributed by atoms with E-state index >= 15 is 0 Å². The van der Waals surface area contributed by atoms with Gasteiger partial charge >= 0.3 is 12.0 Å². The fraction of sp³-hybridized carbons (Fsp3) is 0.500. The van der Waals surface area contributed by atoms with Crippen molar-refractivity contribution in [2.24, 2.45) is 0 Å². The van der Waals surface area contributed by atoms with Crippen molar-refractivity contribution in [3.05, 3.63) is 29.8 Å². The van der Waals surface area contributed by atoms with E-state index in [9.17, 15) is 14.7 Å². The van der Waals surface area contributed by atoms with Gasteiger partial charge in [0, 0.05) is 5.69 Å². The van der Waals surface area contributed by atoms with Crippen LogP contribution in [0.4, 0.5) is 10.5 Å². The number of esters is 1. The Morgan fingerprint density at radius 1 is 1.29 bits per heavy atom. The van der Waals surface area contributed by atoms with E-state index in [1.165, 1.54) is 0 Å². The molecule has 0 bridgehead atoms. The molecule has 0 radical (unpaired) electrons. The Morgan fingerprint density at radius 2 is 2.08 bits per heavy atom. The van der Waals surface area contributed by atoms with Gasteiger partial charge in [-0.05, 0) is 25.1 Å². The normalized spacial score (nSPS) is 28.2. The van der Waals surface area contributed by atoms with Crippen LogP contribution in [0.3, 0.4) is 0 Å². The maximum Gasteiger partial charge on any atom is 0.338 e. The van der Waals surface area contributed by atoms with Crippen LogP contribution in [-0.4, -0.2) is 61.3 Å². The van der Waals surface area contributed by atoms with Crippen molar-refractivity contribution >= 4 is 17.7 Å². The number of aliphatic hydroxyl groups excluding tert-OH is 1. The van der Waals surface area contributed by atoms with Crippen molar-refractivity contribution < 1.29 is 28.9 Å². The van der Waals surface area contributed by atoms with E-state index in [0.717, 1.165) is 0 Å². The van der Waals surface area contributed by atoms with Crippen LogP contribution in [0.15, 0.2) is 24.3 Å². The summed E-state index contributed by atoms with van der Waals surface area (Å²) in [4.78, 5) is 23.8. The minimum Gasteiger partial charge on any atom is -0.462 e. The Bertz CT molecular complexity index is 622. The molecule has 2 aliphatic heterocycles. The zero-order chi connectivity index (χ0) is 17.1. The predicted octanol–water partition coefficient (Wildman–Crippen LogP) is 0.512. The molecule has 0 saturated carbocycles. The smallest absolute Gasteiger partial charge is 0.338 e. The van der Waals surface area contributed by atoms with Crippen molar-refractivity contribution in [1.29, 1.82) is 0 Å². The van der Waals surface area contributed by atoms with Gasteiger partial charge in [-0.1, -0.05) is 6.07 Å². The van der Waals surface area contributed by atoms with Crippen LogP contribution in [0, 0.1) is 0 Å². The van der Waals surface area contributed by atoms with Crippen LogP contribution < -0.4 is 10.6 Å². The molecule has 2 aliphatic rings. The number of hydrogen-bond donors (Lipinski definition) is 3. The van der Waals surface area contributed by atoms with Gasteiger partial charge in [0.2, 0.25) is 0 Å². The molecule has 0 aromatic heterocycles. The van der Waals surface area contributed by atoms with Crippen molar-refractivity contribution in [2.75, 3.05) is 25.1 Å². The van der Waals surface area contributed by atoms with Gasteiger partial charge in [-0.3, -0.25) is 0 Å². The Morgan fingerprint density at radius 3 is 2.88 bits per heavy atom. The molecule has 2 fully saturated rings. The summed E-state index contributed by atoms with van der Waals surface area (Å²) in [5, 5.41) is 15.1. The number of urea groups is 1. The van der Waals surface area contributed by atoms with E-state index in [4.69, 9.17) is 14.2 Å². The second kappa shape index (κ2) is 7.16. The number of fused-ring (bicyclic) bond motifs is 1. The van der Waals surface area contributed by atoms with Crippen molar-refractivity contribution in [2.45, 2.75) is 31.3 Å². The molecule has 0 aliphatic carbocycles. The minimum atomic E-state index is -0.661. The van der Waals surface area contributed by atoms with Crippen LogP contribution in [-0.2, 0) is 14.2 Å². The highest BCUT2D eigenvalue weighted by atomic mass is 16.6. The van der Waals surface area contributed by atoms with Gasteiger partial charge in [0.05, 0.1) is 31.4 Å². The second-order valence-corrected chi connectivity index (χ2v) is 5.67. The fourth-order valence-electron chi connectivity index (χ4n) is 2.88. The lowest BCUT2D eigenvalue weighted by molar-refractivity contribution is 0.0180. The van der Waals surface area contributed by atoms with Gasteiger partial charge in [-0.25, -0.2) is 9.59 Å². The molecule has 8 heteroatoms. The van der Waals surface area contributed by atoms with E-state index < -0.39 is 24.2 Å². The number of amides is 2. The number of anilines is 1. The third-order valence-electron chi connectivity index (χ3n) is 3.98.